The van der Waals surface area contributed by atoms with Crippen molar-refractivity contribution in [3.05, 3.63) is 107 Å². The average molecular weight is 509 g/mol. The lowest BCUT2D eigenvalue weighted by Crippen LogP contribution is -2.25. The van der Waals surface area contributed by atoms with Crippen molar-refractivity contribution in [2.75, 3.05) is 12.5 Å². The molecule has 1 N–H and O–H groups in total. The number of nitrogens with one attached hydrogen (secondary N) is 1. The molecular formula is C26H21ClN2O5S. The second-order valence-corrected chi connectivity index (χ2v) is 9.92. The van der Waals surface area contributed by atoms with Gasteiger partial charge in [0.15, 0.2) is 0 Å². The maximum Gasteiger partial charge on any atom is 0.341 e. The zero-order chi connectivity index (χ0) is 25.2. The molecule has 0 bridgehead atoms. The molecule has 1 amide bonds. The van der Waals surface area contributed by atoms with Gasteiger partial charge in [0.2, 0.25) is 9.84 Å². The van der Waals surface area contributed by atoms with E-state index >= 15 is 0 Å². The molecule has 0 unspecified atom stereocenters. The van der Waals surface area contributed by atoms with Crippen LogP contribution in [0.3, 0.4) is 0 Å². The molecule has 0 atom stereocenters. The summed E-state index contributed by atoms with van der Waals surface area (Å²) in [6, 6.07) is 22.7. The topological polar surface area (TPSA) is 94.5 Å². The molecule has 4 aromatic rings. The summed E-state index contributed by atoms with van der Waals surface area (Å²) >= 11 is 6.04. The van der Waals surface area contributed by atoms with Gasteiger partial charge in [0.05, 0.1) is 23.4 Å². The van der Waals surface area contributed by atoms with Crippen molar-refractivity contribution < 1.29 is 22.7 Å². The molecule has 0 fully saturated rings. The first-order valence-corrected chi connectivity index (χ1v) is 12.4. The van der Waals surface area contributed by atoms with Gasteiger partial charge in [-0.05, 0) is 37.3 Å². The van der Waals surface area contributed by atoms with Crippen LogP contribution < -0.4 is 5.43 Å². The quantitative estimate of drug-likeness (QED) is 0.365. The number of hydrogen-bond donors (Lipinski definition) is 1. The van der Waals surface area contributed by atoms with E-state index in [4.69, 9.17) is 16.3 Å². The minimum absolute atomic E-state index is 0.000604. The second-order valence-electron chi connectivity index (χ2n) is 7.60. The molecule has 0 aliphatic rings. The van der Waals surface area contributed by atoms with E-state index in [1.165, 1.54) is 30.0 Å². The maximum absolute atomic E-state index is 13.9. The van der Waals surface area contributed by atoms with Crippen LogP contribution in [0.5, 0.6) is 0 Å². The molecule has 0 radical (unpaired) electrons. The van der Waals surface area contributed by atoms with Crippen molar-refractivity contribution >= 4 is 33.3 Å². The van der Waals surface area contributed by atoms with Crippen molar-refractivity contribution in [3.8, 4) is 11.3 Å². The number of hydrogen-bond acceptors (Lipinski definition) is 5. The summed E-state index contributed by atoms with van der Waals surface area (Å²) in [5.74, 6) is -1.38. The Hall–Kier alpha value is -3.88. The largest absolute Gasteiger partial charge is 0.465 e. The van der Waals surface area contributed by atoms with Gasteiger partial charge in [-0.2, -0.15) is 0 Å². The number of nitrogens with zero attached hydrogens (tertiary/aromatic N) is 1. The van der Waals surface area contributed by atoms with Gasteiger partial charge >= 0.3 is 5.97 Å². The summed E-state index contributed by atoms with van der Waals surface area (Å²) in [7, 11) is -3.04. The first kappa shape index (κ1) is 24.3. The molecule has 9 heteroatoms. The maximum atomic E-state index is 13.9. The fourth-order valence-corrected chi connectivity index (χ4v) is 5.68. The zero-order valence-corrected chi connectivity index (χ0v) is 20.4. The van der Waals surface area contributed by atoms with E-state index in [9.17, 15) is 18.0 Å². The molecule has 0 aliphatic heterocycles. The highest BCUT2D eigenvalue weighted by Gasteiger charge is 2.36. The minimum Gasteiger partial charge on any atom is -0.465 e. The van der Waals surface area contributed by atoms with Crippen LogP contribution in [0.15, 0.2) is 94.7 Å². The number of ether oxygens (including phenoxy) is 1. The van der Waals surface area contributed by atoms with E-state index in [1.807, 2.05) is 0 Å². The lowest BCUT2D eigenvalue weighted by molar-refractivity contribution is 0.0595. The van der Waals surface area contributed by atoms with Crippen LogP contribution in [-0.4, -0.2) is 32.1 Å². The van der Waals surface area contributed by atoms with Gasteiger partial charge in [-0.25, -0.2) is 13.2 Å². The lowest BCUT2D eigenvalue weighted by Gasteiger charge is -2.15. The molecular weight excluding hydrogens is 488 g/mol. The van der Waals surface area contributed by atoms with Gasteiger partial charge in [0, 0.05) is 16.1 Å². The van der Waals surface area contributed by atoms with Gasteiger partial charge in [0.1, 0.15) is 10.5 Å². The van der Waals surface area contributed by atoms with Crippen molar-refractivity contribution in [1.29, 1.82) is 0 Å². The van der Waals surface area contributed by atoms with E-state index in [-0.39, 0.29) is 32.3 Å². The van der Waals surface area contributed by atoms with E-state index in [1.54, 1.807) is 73.7 Å². The van der Waals surface area contributed by atoms with Crippen LogP contribution in [0.2, 0.25) is 5.02 Å². The van der Waals surface area contributed by atoms with Crippen LogP contribution in [0.1, 0.15) is 26.4 Å². The number of methoxy groups -OCH3 is 1. The summed E-state index contributed by atoms with van der Waals surface area (Å²) < 4.78 is 34.0. The van der Waals surface area contributed by atoms with E-state index < -0.39 is 21.7 Å². The number of esters is 1. The molecule has 4 rings (SSSR count). The van der Waals surface area contributed by atoms with Gasteiger partial charge in [-0.15, -0.1) is 0 Å². The Morgan fingerprint density at radius 2 is 1.54 bits per heavy atom. The zero-order valence-electron chi connectivity index (χ0n) is 18.9. The highest BCUT2D eigenvalue weighted by atomic mass is 35.5. The Bertz CT molecular complexity index is 1510. The molecule has 0 saturated heterocycles. The summed E-state index contributed by atoms with van der Waals surface area (Å²) in [4.78, 5) is 25.8. The molecule has 0 saturated carbocycles. The Morgan fingerprint density at radius 1 is 0.914 bits per heavy atom. The van der Waals surface area contributed by atoms with E-state index in [0.717, 1.165) is 0 Å². The van der Waals surface area contributed by atoms with Crippen LogP contribution in [0, 0.1) is 6.92 Å². The Kier molecular flexibility index (Phi) is 6.77. The SMILES string of the molecule is COC(=O)c1c(S(=O)(=O)c2ccccc2)c(-c2ccccc2)n(NC(=O)c2cccc(Cl)c2)c1C. The van der Waals surface area contributed by atoms with Crippen molar-refractivity contribution in [2.24, 2.45) is 0 Å². The highest BCUT2D eigenvalue weighted by Crippen LogP contribution is 2.38. The molecule has 35 heavy (non-hydrogen) atoms. The number of carbonyl (C=O) groups is 2. The number of benzene rings is 3. The Labute approximate surface area is 207 Å². The van der Waals surface area contributed by atoms with E-state index in [0.29, 0.717) is 10.6 Å². The number of amides is 1. The molecule has 0 spiro atoms. The standard InChI is InChI=1S/C26H21ClN2O5S/c1-17-22(26(31)34-2)24(35(32,33)21-14-7-4-8-15-21)23(18-10-5-3-6-11-18)29(17)28-25(30)19-12-9-13-20(27)16-19/h3-16H,1-2H3,(H,28,30). The third-order valence-corrected chi connectivity index (χ3v) is 7.48. The number of aromatic nitrogens is 1. The number of rotatable bonds is 6. The molecule has 3 aromatic carbocycles. The van der Waals surface area contributed by atoms with Gasteiger partial charge in [0.25, 0.3) is 5.91 Å². The number of halogens is 1. The number of sulfone groups is 1. The molecule has 1 heterocycles. The third-order valence-electron chi connectivity index (χ3n) is 5.42. The fourth-order valence-electron chi connectivity index (χ4n) is 3.78. The Balaban J connectivity index is 2.03. The van der Waals surface area contributed by atoms with Crippen molar-refractivity contribution in [2.45, 2.75) is 16.7 Å². The van der Waals surface area contributed by atoms with Gasteiger partial charge in [-0.1, -0.05) is 66.2 Å². The summed E-state index contributed by atoms with van der Waals surface area (Å²) in [6.07, 6.45) is 0. The first-order valence-electron chi connectivity index (χ1n) is 10.5. The van der Waals surface area contributed by atoms with Crippen molar-refractivity contribution in [1.82, 2.24) is 4.68 Å². The smallest absolute Gasteiger partial charge is 0.341 e. The molecule has 0 aliphatic carbocycles. The molecule has 7 nitrogen and oxygen atoms in total. The first-order chi connectivity index (χ1) is 16.8. The van der Waals surface area contributed by atoms with Crippen LogP contribution in [-0.2, 0) is 14.6 Å². The number of carbonyl (C=O) groups excluding carboxylic acids is 2. The van der Waals surface area contributed by atoms with Crippen molar-refractivity contribution in [3.63, 3.8) is 0 Å². The second kappa shape index (κ2) is 9.77. The summed E-state index contributed by atoms with van der Waals surface area (Å²) in [5.41, 5.74) is 3.63. The normalized spacial score (nSPS) is 11.2. The average Bonchev–Trinajstić information content (AvgIpc) is 3.17. The lowest BCUT2D eigenvalue weighted by atomic mass is 10.1. The Morgan fingerprint density at radius 3 is 2.14 bits per heavy atom. The predicted octanol–water partition coefficient (Wildman–Crippen LogP) is 5.12. The third kappa shape index (κ3) is 4.58. The monoisotopic (exact) mass is 508 g/mol. The predicted molar refractivity (Wildman–Crippen MR) is 133 cm³/mol. The van der Waals surface area contributed by atoms with Crippen LogP contribution in [0.25, 0.3) is 11.3 Å². The van der Waals surface area contributed by atoms with Gasteiger partial charge in [-0.3, -0.25) is 14.9 Å². The van der Waals surface area contributed by atoms with Gasteiger partial charge < -0.3 is 4.74 Å². The summed E-state index contributed by atoms with van der Waals surface area (Å²) in [6.45, 7) is 1.54. The molecule has 1 aromatic heterocycles. The molecule has 178 valence electrons. The fraction of sp³-hybridized carbons (Fsp3) is 0.0769. The minimum atomic E-state index is -4.21. The highest BCUT2D eigenvalue weighted by molar-refractivity contribution is 7.91. The van der Waals surface area contributed by atoms with E-state index in [2.05, 4.69) is 5.43 Å². The van der Waals surface area contributed by atoms with Crippen LogP contribution in [0.4, 0.5) is 0 Å². The van der Waals surface area contributed by atoms with Crippen LogP contribution >= 0.6 is 11.6 Å². The summed E-state index contributed by atoms with van der Waals surface area (Å²) in [5, 5.41) is 0.368.